The van der Waals surface area contributed by atoms with Crippen LogP contribution < -0.4 is 5.73 Å². The molecular formula is C12H13Cl2N3. The number of hydrogen-bond donors (Lipinski definition) is 1. The molecule has 0 saturated heterocycles. The predicted molar refractivity (Wildman–Crippen MR) is 72.4 cm³/mol. The highest BCUT2D eigenvalue weighted by atomic mass is 35.5. The molecule has 1 heterocycles. The summed E-state index contributed by atoms with van der Waals surface area (Å²) in [6.07, 6.45) is 2.73. The Balaban J connectivity index is 2.49. The van der Waals surface area contributed by atoms with Crippen molar-refractivity contribution in [1.29, 1.82) is 0 Å². The Kier molecular flexibility index (Phi) is 3.60. The minimum atomic E-state index is 0.600. The van der Waals surface area contributed by atoms with E-state index in [0.29, 0.717) is 21.6 Å². The van der Waals surface area contributed by atoms with Gasteiger partial charge in [-0.1, -0.05) is 30.1 Å². The lowest BCUT2D eigenvalue weighted by Gasteiger charge is -2.05. The topological polar surface area (TPSA) is 43.8 Å². The van der Waals surface area contributed by atoms with Gasteiger partial charge in [0.2, 0.25) is 0 Å². The van der Waals surface area contributed by atoms with E-state index in [1.54, 1.807) is 24.5 Å². The molecule has 2 rings (SSSR count). The number of anilines is 1. The normalized spacial score (nSPS) is 10.8. The van der Waals surface area contributed by atoms with Crippen LogP contribution in [0.1, 0.15) is 13.3 Å². The van der Waals surface area contributed by atoms with Crippen molar-refractivity contribution in [2.45, 2.75) is 19.9 Å². The van der Waals surface area contributed by atoms with Gasteiger partial charge < -0.3 is 10.3 Å². The van der Waals surface area contributed by atoms with Crippen molar-refractivity contribution < 1.29 is 0 Å². The van der Waals surface area contributed by atoms with Crippen molar-refractivity contribution in [3.8, 4) is 11.3 Å². The summed E-state index contributed by atoms with van der Waals surface area (Å²) in [7, 11) is 0. The summed E-state index contributed by atoms with van der Waals surface area (Å²) < 4.78 is 1.91. The standard InChI is InChI=1S/C12H13Cl2N3/c1-2-5-17-7-16-11(12(17)15)9-6-8(13)3-4-10(9)14/h3-4,6-7H,2,5,15H2,1H3. The predicted octanol–water partition coefficient (Wildman–Crippen LogP) is 3.85. The molecule has 0 unspecified atom stereocenters. The fourth-order valence-corrected chi connectivity index (χ4v) is 2.08. The molecule has 17 heavy (non-hydrogen) atoms. The fraction of sp³-hybridized carbons (Fsp3) is 0.250. The first-order chi connectivity index (χ1) is 8.13. The maximum Gasteiger partial charge on any atom is 0.131 e. The third-order valence-electron chi connectivity index (χ3n) is 2.53. The van der Waals surface area contributed by atoms with Gasteiger partial charge in [0.05, 0.1) is 11.3 Å². The molecule has 1 aromatic heterocycles. The van der Waals surface area contributed by atoms with Crippen LogP contribution in [0.5, 0.6) is 0 Å². The molecule has 0 aliphatic rings. The molecule has 0 radical (unpaired) electrons. The second kappa shape index (κ2) is 4.98. The Morgan fingerprint density at radius 2 is 2.12 bits per heavy atom. The van der Waals surface area contributed by atoms with Crippen LogP contribution in [-0.2, 0) is 6.54 Å². The number of imidazole rings is 1. The van der Waals surface area contributed by atoms with Crippen LogP contribution in [0.25, 0.3) is 11.3 Å². The van der Waals surface area contributed by atoms with Gasteiger partial charge in [0.1, 0.15) is 11.5 Å². The highest BCUT2D eigenvalue weighted by molar-refractivity contribution is 6.35. The minimum Gasteiger partial charge on any atom is -0.383 e. The number of benzene rings is 1. The molecule has 3 nitrogen and oxygen atoms in total. The van der Waals surface area contributed by atoms with Crippen LogP contribution in [-0.4, -0.2) is 9.55 Å². The largest absolute Gasteiger partial charge is 0.383 e. The summed E-state index contributed by atoms with van der Waals surface area (Å²) in [5.74, 6) is 0.621. The lowest BCUT2D eigenvalue weighted by Crippen LogP contribution is -2.01. The Hall–Kier alpha value is -1.19. The molecule has 5 heteroatoms. The third kappa shape index (κ3) is 2.40. The van der Waals surface area contributed by atoms with Crippen molar-refractivity contribution in [1.82, 2.24) is 9.55 Å². The molecule has 0 fully saturated rings. The van der Waals surface area contributed by atoms with Gasteiger partial charge in [0.25, 0.3) is 0 Å². The molecule has 0 amide bonds. The molecule has 0 atom stereocenters. The van der Waals surface area contributed by atoms with E-state index in [1.165, 1.54) is 0 Å². The van der Waals surface area contributed by atoms with Gasteiger partial charge in [0, 0.05) is 17.1 Å². The number of hydrogen-bond acceptors (Lipinski definition) is 2. The Labute approximate surface area is 110 Å². The van der Waals surface area contributed by atoms with E-state index < -0.39 is 0 Å². The summed E-state index contributed by atoms with van der Waals surface area (Å²) in [6, 6.07) is 5.27. The van der Waals surface area contributed by atoms with E-state index in [9.17, 15) is 0 Å². The van der Waals surface area contributed by atoms with Crippen molar-refractivity contribution in [2.75, 3.05) is 5.73 Å². The Bertz CT molecular complexity index is 535. The maximum atomic E-state index is 6.13. The highest BCUT2D eigenvalue weighted by Crippen LogP contribution is 2.32. The third-order valence-corrected chi connectivity index (χ3v) is 3.09. The van der Waals surface area contributed by atoms with Crippen molar-refractivity contribution in [3.63, 3.8) is 0 Å². The Morgan fingerprint density at radius 3 is 2.82 bits per heavy atom. The number of aryl methyl sites for hydroxylation is 1. The van der Waals surface area contributed by atoms with Crippen LogP contribution in [0, 0.1) is 0 Å². The van der Waals surface area contributed by atoms with Gasteiger partial charge in [-0.05, 0) is 24.6 Å². The molecule has 2 N–H and O–H groups in total. The van der Waals surface area contributed by atoms with Crippen LogP contribution >= 0.6 is 23.2 Å². The van der Waals surface area contributed by atoms with Gasteiger partial charge in [0.15, 0.2) is 0 Å². The van der Waals surface area contributed by atoms with E-state index in [2.05, 4.69) is 11.9 Å². The van der Waals surface area contributed by atoms with Gasteiger partial charge in [-0.3, -0.25) is 0 Å². The van der Waals surface area contributed by atoms with Crippen LogP contribution in [0.3, 0.4) is 0 Å². The van der Waals surface area contributed by atoms with Crippen molar-refractivity contribution in [2.24, 2.45) is 0 Å². The summed E-state index contributed by atoms with van der Waals surface area (Å²) in [6.45, 7) is 2.93. The summed E-state index contributed by atoms with van der Waals surface area (Å²) in [4.78, 5) is 4.30. The molecule has 0 spiro atoms. The average Bonchev–Trinajstić information content (AvgIpc) is 2.65. The first kappa shape index (κ1) is 12.3. The van der Waals surface area contributed by atoms with E-state index in [1.807, 2.05) is 4.57 Å². The molecule has 0 aliphatic carbocycles. The number of nitrogens with zero attached hydrogens (tertiary/aromatic N) is 2. The van der Waals surface area contributed by atoms with Crippen molar-refractivity contribution in [3.05, 3.63) is 34.6 Å². The molecule has 90 valence electrons. The number of aromatic nitrogens is 2. The smallest absolute Gasteiger partial charge is 0.131 e. The van der Waals surface area contributed by atoms with Crippen molar-refractivity contribution >= 4 is 29.0 Å². The van der Waals surface area contributed by atoms with Crippen LogP contribution in [0.15, 0.2) is 24.5 Å². The molecule has 0 bridgehead atoms. The first-order valence-electron chi connectivity index (χ1n) is 5.39. The monoisotopic (exact) mass is 269 g/mol. The van der Waals surface area contributed by atoms with E-state index in [4.69, 9.17) is 28.9 Å². The maximum absolute atomic E-state index is 6.13. The van der Waals surface area contributed by atoms with E-state index >= 15 is 0 Å². The average molecular weight is 270 g/mol. The van der Waals surface area contributed by atoms with Gasteiger partial charge >= 0.3 is 0 Å². The molecule has 1 aromatic carbocycles. The number of rotatable bonds is 3. The quantitative estimate of drug-likeness (QED) is 0.920. The zero-order valence-electron chi connectivity index (χ0n) is 9.45. The lowest BCUT2D eigenvalue weighted by molar-refractivity contribution is 0.686. The summed E-state index contributed by atoms with van der Waals surface area (Å²) >= 11 is 12.1. The van der Waals surface area contributed by atoms with Gasteiger partial charge in [-0.25, -0.2) is 4.98 Å². The number of nitrogens with two attached hydrogens (primary N) is 1. The van der Waals surface area contributed by atoms with Crippen LogP contribution in [0.2, 0.25) is 10.0 Å². The summed E-state index contributed by atoms with van der Waals surface area (Å²) in [5.41, 5.74) is 7.50. The molecule has 2 aromatic rings. The Morgan fingerprint density at radius 1 is 1.35 bits per heavy atom. The minimum absolute atomic E-state index is 0.600. The fourth-order valence-electron chi connectivity index (χ4n) is 1.70. The van der Waals surface area contributed by atoms with E-state index in [0.717, 1.165) is 18.5 Å². The number of nitrogen functional groups attached to an aromatic ring is 1. The van der Waals surface area contributed by atoms with Gasteiger partial charge in [-0.2, -0.15) is 0 Å². The van der Waals surface area contributed by atoms with E-state index in [-0.39, 0.29) is 0 Å². The zero-order chi connectivity index (χ0) is 12.4. The second-order valence-corrected chi connectivity index (χ2v) is 4.64. The molecule has 0 aliphatic heterocycles. The molecule has 0 saturated carbocycles. The zero-order valence-corrected chi connectivity index (χ0v) is 11.0. The lowest BCUT2D eigenvalue weighted by atomic mass is 10.1. The van der Waals surface area contributed by atoms with Crippen LogP contribution in [0.4, 0.5) is 5.82 Å². The summed E-state index contributed by atoms with van der Waals surface area (Å²) in [5, 5.41) is 1.22. The second-order valence-electron chi connectivity index (χ2n) is 3.80. The number of halogens is 2. The highest BCUT2D eigenvalue weighted by Gasteiger charge is 2.12. The first-order valence-corrected chi connectivity index (χ1v) is 6.15. The van der Waals surface area contributed by atoms with Gasteiger partial charge in [-0.15, -0.1) is 0 Å². The molecular weight excluding hydrogens is 257 g/mol. The SMILES string of the molecule is CCCn1cnc(-c2cc(Cl)ccc2Cl)c1N.